The van der Waals surface area contributed by atoms with Crippen molar-refractivity contribution in [2.24, 2.45) is 5.92 Å². The normalized spacial score (nSPS) is 17.9. The average Bonchev–Trinajstić information content (AvgIpc) is 2.80. The molecule has 0 spiro atoms. The Morgan fingerprint density at radius 3 is 2.86 bits per heavy atom. The molecule has 1 amide bonds. The van der Waals surface area contributed by atoms with Crippen LogP contribution in [0.5, 0.6) is 0 Å². The average molecular weight is 391 g/mol. The van der Waals surface area contributed by atoms with E-state index in [0.717, 1.165) is 11.8 Å². The molecule has 0 aromatic heterocycles. The Hall–Kier alpha value is -1.48. The molecule has 1 aliphatic rings. The minimum atomic E-state index is -1.00. The van der Waals surface area contributed by atoms with Crippen LogP contribution in [0.3, 0.4) is 0 Å². The molecule has 1 heterocycles. The van der Waals surface area contributed by atoms with E-state index in [1.807, 2.05) is 0 Å². The van der Waals surface area contributed by atoms with Crippen LogP contribution in [0.1, 0.15) is 13.3 Å². The number of carbonyl (C=O) groups excluding carboxylic acids is 2. The summed E-state index contributed by atoms with van der Waals surface area (Å²) in [6.07, 6.45) is 0.190. The third kappa shape index (κ3) is 3.46. The van der Waals surface area contributed by atoms with Crippen molar-refractivity contribution in [3.8, 4) is 0 Å². The zero-order valence-corrected chi connectivity index (χ0v) is 13.9. The lowest BCUT2D eigenvalue weighted by Gasteiger charge is -2.17. The first-order valence-corrected chi connectivity index (χ1v) is 8.15. The zero-order valence-electron chi connectivity index (χ0n) is 11.5. The second kappa shape index (κ2) is 6.74. The van der Waals surface area contributed by atoms with Crippen molar-refractivity contribution >= 4 is 50.1 Å². The van der Waals surface area contributed by atoms with Crippen molar-refractivity contribution in [2.75, 3.05) is 17.2 Å². The minimum absolute atomic E-state index is 0.0294. The van der Waals surface area contributed by atoms with Crippen LogP contribution in [0.25, 0.3) is 0 Å². The van der Waals surface area contributed by atoms with Gasteiger partial charge in [-0.05, 0) is 34.0 Å². The molecule has 118 valence electrons. The summed E-state index contributed by atoms with van der Waals surface area (Å²) in [5, 5.41) is 11.1. The highest BCUT2D eigenvalue weighted by molar-refractivity contribution is 9.10. The number of hydrogen-bond donors (Lipinski definition) is 0. The van der Waals surface area contributed by atoms with Gasteiger partial charge in [0.25, 0.3) is 0 Å². The highest BCUT2D eigenvalue weighted by Gasteiger charge is 2.36. The molecular weight excluding hydrogens is 379 g/mol. The number of nitro groups is 1. The Kier molecular flexibility index (Phi) is 5.17. The molecule has 1 aromatic rings. The van der Waals surface area contributed by atoms with E-state index in [-0.39, 0.29) is 40.1 Å². The van der Waals surface area contributed by atoms with Gasteiger partial charge in [0.05, 0.1) is 9.40 Å². The lowest BCUT2D eigenvalue weighted by molar-refractivity contribution is -0.386. The molecule has 0 radical (unpaired) electrons. The van der Waals surface area contributed by atoms with Crippen LogP contribution < -0.4 is 4.90 Å². The van der Waals surface area contributed by atoms with Gasteiger partial charge in [-0.15, -0.1) is 0 Å². The van der Waals surface area contributed by atoms with Gasteiger partial charge in [0.1, 0.15) is 5.69 Å². The van der Waals surface area contributed by atoms with Gasteiger partial charge in [-0.1, -0.05) is 11.8 Å². The van der Waals surface area contributed by atoms with Gasteiger partial charge in [0.2, 0.25) is 11.7 Å². The van der Waals surface area contributed by atoms with E-state index < -0.39 is 16.4 Å². The van der Waals surface area contributed by atoms with E-state index in [1.54, 1.807) is 0 Å². The molecule has 1 aromatic carbocycles. The molecule has 1 fully saturated rings. The molecule has 6 nitrogen and oxygen atoms in total. The Balaban J connectivity index is 2.29. The molecule has 22 heavy (non-hydrogen) atoms. The molecular formula is C13H12BrFN2O4S. The maximum absolute atomic E-state index is 14.0. The fraction of sp³-hybridized carbons (Fsp3) is 0.385. The molecule has 1 unspecified atom stereocenters. The molecule has 1 atom stereocenters. The van der Waals surface area contributed by atoms with Crippen molar-refractivity contribution in [3.05, 3.63) is 32.5 Å². The van der Waals surface area contributed by atoms with E-state index in [9.17, 15) is 24.1 Å². The Labute approximate surface area is 138 Å². The number of carbonyl (C=O) groups is 2. The highest BCUT2D eigenvalue weighted by Crippen LogP contribution is 2.38. The molecule has 1 aliphatic heterocycles. The Bertz CT molecular complexity index is 655. The molecule has 1 saturated heterocycles. The van der Waals surface area contributed by atoms with Gasteiger partial charge in [-0.25, -0.2) is 0 Å². The third-order valence-corrected chi connectivity index (χ3v) is 4.91. The molecule has 2 rings (SSSR count). The second-order valence-corrected chi connectivity index (χ2v) is 6.91. The standard InChI is InChI=1S/C13H12BrFN2O4S/c1-7(18)22-6-8-4-11(19)16(5-8)10-3-2-9(14)12(15)13(10)17(20)21/h2-3,8H,4-6H2,1H3. The van der Waals surface area contributed by atoms with Gasteiger partial charge in [-0.3, -0.25) is 19.7 Å². The molecule has 0 N–H and O–H groups in total. The van der Waals surface area contributed by atoms with Crippen molar-refractivity contribution in [3.63, 3.8) is 0 Å². The maximum Gasteiger partial charge on any atom is 0.329 e. The summed E-state index contributed by atoms with van der Waals surface area (Å²) >= 11 is 4.01. The number of nitro benzene ring substituents is 1. The minimum Gasteiger partial charge on any atom is -0.306 e. The summed E-state index contributed by atoms with van der Waals surface area (Å²) in [7, 11) is 0. The first-order valence-electron chi connectivity index (χ1n) is 6.37. The van der Waals surface area contributed by atoms with Crippen molar-refractivity contribution in [1.82, 2.24) is 0 Å². The van der Waals surface area contributed by atoms with Crippen LogP contribution in [0.15, 0.2) is 16.6 Å². The fourth-order valence-corrected chi connectivity index (χ4v) is 3.30. The lowest BCUT2D eigenvalue weighted by Crippen LogP contribution is -2.26. The summed E-state index contributed by atoms with van der Waals surface area (Å²) in [6.45, 7) is 1.68. The van der Waals surface area contributed by atoms with Gasteiger partial charge >= 0.3 is 5.69 Å². The van der Waals surface area contributed by atoms with Crippen LogP contribution in [0.2, 0.25) is 0 Å². The van der Waals surface area contributed by atoms with Crippen molar-refractivity contribution < 1.29 is 18.9 Å². The largest absolute Gasteiger partial charge is 0.329 e. The van der Waals surface area contributed by atoms with E-state index in [1.165, 1.54) is 24.0 Å². The third-order valence-electron chi connectivity index (χ3n) is 3.25. The summed E-state index contributed by atoms with van der Waals surface area (Å²) in [4.78, 5) is 34.6. The molecule has 9 heteroatoms. The number of rotatable bonds is 4. The number of amides is 1. The maximum atomic E-state index is 14.0. The van der Waals surface area contributed by atoms with Gasteiger partial charge in [0.15, 0.2) is 5.12 Å². The first kappa shape index (κ1) is 16.9. The van der Waals surface area contributed by atoms with Gasteiger partial charge in [0, 0.05) is 25.6 Å². The second-order valence-electron chi connectivity index (χ2n) is 4.86. The number of halogens is 2. The van der Waals surface area contributed by atoms with E-state index in [4.69, 9.17) is 0 Å². The van der Waals surface area contributed by atoms with E-state index in [2.05, 4.69) is 15.9 Å². The number of benzene rings is 1. The number of anilines is 1. The van der Waals surface area contributed by atoms with Gasteiger partial charge < -0.3 is 4.90 Å². The quantitative estimate of drug-likeness (QED) is 0.582. The van der Waals surface area contributed by atoms with Gasteiger partial charge in [-0.2, -0.15) is 4.39 Å². The SMILES string of the molecule is CC(=O)SCC1CC(=O)N(c2ccc(Br)c(F)c2[N+](=O)[O-])C1. The molecule has 0 saturated carbocycles. The first-order chi connectivity index (χ1) is 10.3. The molecule has 0 bridgehead atoms. The monoisotopic (exact) mass is 390 g/mol. The summed E-state index contributed by atoms with van der Waals surface area (Å²) in [5.41, 5.74) is -0.770. The van der Waals surface area contributed by atoms with E-state index in [0.29, 0.717) is 5.75 Å². The highest BCUT2D eigenvalue weighted by atomic mass is 79.9. The summed E-state index contributed by atoms with van der Waals surface area (Å²) in [6, 6.07) is 2.69. The lowest BCUT2D eigenvalue weighted by atomic mass is 10.1. The number of hydrogen-bond acceptors (Lipinski definition) is 5. The summed E-state index contributed by atoms with van der Waals surface area (Å²) < 4.78 is 13.9. The van der Waals surface area contributed by atoms with Crippen LogP contribution in [-0.2, 0) is 9.59 Å². The predicted octanol–water partition coefficient (Wildman–Crippen LogP) is 3.13. The zero-order chi connectivity index (χ0) is 16.4. The van der Waals surface area contributed by atoms with Crippen LogP contribution >= 0.6 is 27.7 Å². The number of nitrogens with zero attached hydrogens (tertiary/aromatic N) is 2. The topological polar surface area (TPSA) is 80.5 Å². The van der Waals surface area contributed by atoms with Crippen molar-refractivity contribution in [2.45, 2.75) is 13.3 Å². The summed E-state index contributed by atoms with van der Waals surface area (Å²) in [5.74, 6) is -0.937. The van der Waals surface area contributed by atoms with Crippen molar-refractivity contribution in [1.29, 1.82) is 0 Å². The number of thioether (sulfide) groups is 1. The van der Waals surface area contributed by atoms with Crippen LogP contribution in [-0.4, -0.2) is 28.2 Å². The molecule has 0 aliphatic carbocycles. The van der Waals surface area contributed by atoms with Crippen LogP contribution in [0.4, 0.5) is 15.8 Å². The van der Waals surface area contributed by atoms with Crippen LogP contribution in [0, 0.1) is 21.8 Å². The predicted molar refractivity (Wildman–Crippen MR) is 84.4 cm³/mol. The Morgan fingerprint density at radius 1 is 1.59 bits per heavy atom. The fourth-order valence-electron chi connectivity index (χ4n) is 2.28. The smallest absolute Gasteiger partial charge is 0.306 e. The Morgan fingerprint density at radius 2 is 2.27 bits per heavy atom. The van der Waals surface area contributed by atoms with E-state index >= 15 is 0 Å².